The molecule has 0 aromatic heterocycles. The monoisotopic (exact) mass is 411 g/mol. The zero-order valence-electron chi connectivity index (χ0n) is 16.8. The van der Waals surface area contributed by atoms with Gasteiger partial charge in [-0.2, -0.15) is 0 Å². The number of benzene rings is 2. The molecule has 0 aliphatic heterocycles. The summed E-state index contributed by atoms with van der Waals surface area (Å²) in [5, 5.41) is 0. The Labute approximate surface area is 164 Å². The van der Waals surface area contributed by atoms with Crippen LogP contribution in [-0.4, -0.2) is 28.4 Å². The second-order valence-corrected chi connectivity index (χ2v) is 6.98. The zero-order chi connectivity index (χ0) is 20.0. The fraction of sp³-hybridized carbons (Fsp3) is 0.263. The van der Waals surface area contributed by atoms with Gasteiger partial charge in [0.05, 0.1) is 21.3 Å². The molecular formula is C19H26NO7P. The van der Waals surface area contributed by atoms with Gasteiger partial charge in [-0.3, -0.25) is 4.57 Å². The predicted octanol–water partition coefficient (Wildman–Crippen LogP) is 4.06. The highest BCUT2D eigenvalue weighted by Gasteiger charge is 2.13. The molecular weight excluding hydrogens is 385 g/mol. The van der Waals surface area contributed by atoms with Crippen molar-refractivity contribution in [2.75, 3.05) is 28.4 Å². The number of phosphoric ester groups is 1. The maximum atomic E-state index is 11.6. The summed E-state index contributed by atoms with van der Waals surface area (Å²) in [5.41, 5.74) is 2.55. The fourth-order valence-electron chi connectivity index (χ4n) is 2.50. The number of methoxy groups -OCH3 is 3. The van der Waals surface area contributed by atoms with Crippen LogP contribution in [0.2, 0.25) is 0 Å². The molecule has 0 fully saturated rings. The van der Waals surface area contributed by atoms with E-state index in [2.05, 4.69) is 4.52 Å². The molecule has 0 saturated carbocycles. The van der Waals surface area contributed by atoms with Crippen molar-refractivity contribution in [3.05, 3.63) is 47.0 Å². The van der Waals surface area contributed by atoms with Gasteiger partial charge in [0.15, 0.2) is 23.0 Å². The van der Waals surface area contributed by atoms with Crippen LogP contribution in [-0.2, 0) is 9.09 Å². The second kappa shape index (κ2) is 10.1. The highest BCUT2D eigenvalue weighted by atomic mass is 31.2. The van der Waals surface area contributed by atoms with Gasteiger partial charge >= 0.3 is 7.82 Å². The van der Waals surface area contributed by atoms with E-state index >= 15 is 0 Å². The van der Waals surface area contributed by atoms with Crippen molar-refractivity contribution >= 4 is 20.0 Å². The van der Waals surface area contributed by atoms with Gasteiger partial charge in [0.25, 0.3) is 0 Å². The van der Waals surface area contributed by atoms with E-state index in [0.717, 1.165) is 18.2 Å². The Morgan fingerprint density at radius 1 is 0.857 bits per heavy atom. The smallest absolute Gasteiger partial charge is 0.319 e. The van der Waals surface area contributed by atoms with Crippen molar-refractivity contribution in [1.29, 1.82) is 0 Å². The van der Waals surface area contributed by atoms with Gasteiger partial charge < -0.3 is 34.3 Å². The molecule has 2 aromatic carbocycles. The van der Waals surface area contributed by atoms with Crippen molar-refractivity contribution < 1.29 is 32.7 Å². The van der Waals surface area contributed by atoms with Crippen molar-refractivity contribution in [2.45, 2.75) is 6.92 Å². The standard InChI is InChI=1S/C19H23O7P.H3N/c1-13-10-15(12-18(23-3)19(13)24-4)7-6-14-8-9-16(22-2)17(11-14)26-27(20,21)25-5;/h6-12H,1-5H3,(H,20,21);1H3/b7-6-;. The molecule has 154 valence electrons. The molecule has 2 rings (SSSR count). The molecule has 0 bridgehead atoms. The highest BCUT2D eigenvalue weighted by molar-refractivity contribution is 7.46. The van der Waals surface area contributed by atoms with E-state index in [-0.39, 0.29) is 17.6 Å². The first-order valence-electron chi connectivity index (χ1n) is 7.98. The number of quaternary nitrogens is 1. The third kappa shape index (κ3) is 5.74. The number of ether oxygens (including phenoxy) is 3. The second-order valence-electron chi connectivity index (χ2n) is 5.54. The van der Waals surface area contributed by atoms with Crippen molar-refractivity contribution in [1.82, 2.24) is 6.15 Å². The number of hydrogen-bond donors (Lipinski definition) is 1. The quantitative estimate of drug-likeness (QED) is 0.513. The number of phosphoric acid groups is 1. The SMILES string of the molecule is COc1ccc(/C=C\c2cc(C)c(OC)c(OC)c2)cc1OP(=O)([O-])OC.[NH4+]. The van der Waals surface area contributed by atoms with Gasteiger partial charge in [0, 0.05) is 7.11 Å². The van der Waals surface area contributed by atoms with Gasteiger partial charge in [-0.15, -0.1) is 0 Å². The average molecular weight is 411 g/mol. The molecule has 1 atom stereocenters. The minimum Gasteiger partial charge on any atom is -0.746 e. The van der Waals surface area contributed by atoms with E-state index in [0.29, 0.717) is 17.1 Å². The zero-order valence-corrected chi connectivity index (χ0v) is 17.7. The van der Waals surface area contributed by atoms with Gasteiger partial charge in [0.2, 0.25) is 0 Å². The first-order chi connectivity index (χ1) is 12.8. The number of rotatable bonds is 8. The Morgan fingerprint density at radius 2 is 1.46 bits per heavy atom. The molecule has 1 unspecified atom stereocenters. The van der Waals surface area contributed by atoms with Gasteiger partial charge in [0.1, 0.15) is 0 Å². The Hall–Kier alpha value is -2.51. The third-order valence-corrected chi connectivity index (χ3v) is 4.64. The van der Waals surface area contributed by atoms with Gasteiger partial charge in [-0.25, -0.2) is 0 Å². The van der Waals surface area contributed by atoms with Crippen LogP contribution in [0.3, 0.4) is 0 Å². The van der Waals surface area contributed by atoms with Crippen LogP contribution in [0, 0.1) is 6.92 Å². The topological polar surface area (TPSA) is 123 Å². The average Bonchev–Trinajstić information content (AvgIpc) is 2.65. The Morgan fingerprint density at radius 3 is 2.04 bits per heavy atom. The molecule has 9 heteroatoms. The molecule has 0 saturated heterocycles. The summed E-state index contributed by atoms with van der Waals surface area (Å²) in [6.07, 6.45) is 3.68. The van der Waals surface area contributed by atoms with E-state index in [1.54, 1.807) is 32.4 Å². The van der Waals surface area contributed by atoms with E-state index in [4.69, 9.17) is 18.7 Å². The molecule has 8 nitrogen and oxygen atoms in total. The third-order valence-electron chi connectivity index (χ3n) is 3.78. The molecule has 0 heterocycles. The molecule has 28 heavy (non-hydrogen) atoms. The lowest BCUT2D eigenvalue weighted by Crippen LogP contribution is -2.09. The summed E-state index contributed by atoms with van der Waals surface area (Å²) in [7, 11) is 1.18. The van der Waals surface area contributed by atoms with Crippen LogP contribution in [0.4, 0.5) is 0 Å². The first-order valence-corrected chi connectivity index (χ1v) is 9.44. The Kier molecular flexibility index (Phi) is 8.53. The van der Waals surface area contributed by atoms with Crippen LogP contribution < -0.4 is 29.8 Å². The van der Waals surface area contributed by atoms with Crippen molar-refractivity contribution in [3.63, 3.8) is 0 Å². The number of hydrogen-bond acceptors (Lipinski definition) is 7. The lowest BCUT2D eigenvalue weighted by Gasteiger charge is -2.22. The maximum Gasteiger partial charge on any atom is 0.319 e. The van der Waals surface area contributed by atoms with Crippen LogP contribution in [0.5, 0.6) is 23.0 Å². The maximum absolute atomic E-state index is 11.6. The van der Waals surface area contributed by atoms with E-state index in [1.165, 1.54) is 7.11 Å². The number of aryl methyl sites for hydroxylation is 1. The summed E-state index contributed by atoms with van der Waals surface area (Å²) >= 11 is 0. The summed E-state index contributed by atoms with van der Waals surface area (Å²) in [6.45, 7) is 1.93. The minimum absolute atomic E-state index is 0. The summed E-state index contributed by atoms with van der Waals surface area (Å²) < 4.78 is 36.7. The van der Waals surface area contributed by atoms with E-state index in [9.17, 15) is 9.46 Å². The molecule has 0 aliphatic rings. The normalized spacial score (nSPS) is 12.8. The summed E-state index contributed by atoms with van der Waals surface area (Å²) in [4.78, 5) is 11.6. The van der Waals surface area contributed by atoms with Crippen LogP contribution in [0.1, 0.15) is 16.7 Å². The van der Waals surface area contributed by atoms with Gasteiger partial charge in [-0.05, 0) is 47.9 Å². The van der Waals surface area contributed by atoms with Crippen molar-refractivity contribution in [2.24, 2.45) is 0 Å². The minimum atomic E-state index is -4.44. The largest absolute Gasteiger partial charge is 0.746 e. The molecule has 4 N–H and O–H groups in total. The van der Waals surface area contributed by atoms with Crippen molar-refractivity contribution in [3.8, 4) is 23.0 Å². The highest BCUT2D eigenvalue weighted by Crippen LogP contribution is 2.43. The molecule has 0 amide bonds. The van der Waals surface area contributed by atoms with Crippen LogP contribution >= 0.6 is 7.82 Å². The van der Waals surface area contributed by atoms with Crippen LogP contribution in [0.15, 0.2) is 30.3 Å². The Bertz CT molecular complexity index is 883. The lowest BCUT2D eigenvalue weighted by molar-refractivity contribution is -0.214. The van der Waals surface area contributed by atoms with E-state index < -0.39 is 7.82 Å². The molecule has 0 spiro atoms. The first kappa shape index (κ1) is 23.5. The predicted molar refractivity (Wildman–Crippen MR) is 107 cm³/mol. The Balaban J connectivity index is 0.00000392. The lowest BCUT2D eigenvalue weighted by atomic mass is 10.1. The molecule has 2 aromatic rings. The van der Waals surface area contributed by atoms with E-state index in [1.807, 2.05) is 31.2 Å². The molecule has 0 radical (unpaired) electrons. The van der Waals surface area contributed by atoms with Crippen LogP contribution in [0.25, 0.3) is 12.2 Å². The van der Waals surface area contributed by atoms with Gasteiger partial charge in [-0.1, -0.05) is 18.2 Å². The fourth-order valence-corrected chi connectivity index (χ4v) is 2.95. The summed E-state index contributed by atoms with van der Waals surface area (Å²) in [6, 6.07) is 8.74. The summed E-state index contributed by atoms with van der Waals surface area (Å²) in [5.74, 6) is 1.63. The molecule has 0 aliphatic carbocycles.